The molecule has 3 aromatic rings. The van der Waals surface area contributed by atoms with Crippen LogP contribution in [0.3, 0.4) is 0 Å². The first-order chi connectivity index (χ1) is 18.8. The molecule has 0 saturated heterocycles. The van der Waals surface area contributed by atoms with Gasteiger partial charge >= 0.3 is 0 Å². The highest BCUT2D eigenvalue weighted by atomic mass is 35.5. The van der Waals surface area contributed by atoms with E-state index < -0.39 is 0 Å². The van der Waals surface area contributed by atoms with Crippen LogP contribution < -0.4 is 10.6 Å². The Morgan fingerprint density at radius 1 is 0.923 bits per heavy atom. The first-order valence-corrected chi connectivity index (χ1v) is 15.3. The minimum absolute atomic E-state index is 0.0439. The Hall–Kier alpha value is -2.05. The summed E-state index contributed by atoms with van der Waals surface area (Å²) in [7, 11) is 0. The third kappa shape index (κ3) is 5.36. The molecule has 0 radical (unpaired) electrons. The van der Waals surface area contributed by atoms with E-state index in [1.165, 1.54) is 32.1 Å². The number of hydrogen-bond acceptors (Lipinski definition) is 3. The van der Waals surface area contributed by atoms with E-state index in [4.69, 9.17) is 39.9 Å². The van der Waals surface area contributed by atoms with Crippen molar-refractivity contribution < 1.29 is 4.79 Å². The lowest BCUT2D eigenvalue weighted by Gasteiger charge is -2.54. The lowest BCUT2D eigenvalue weighted by molar-refractivity contribution is -0.0133. The Morgan fingerprint density at radius 3 is 2.18 bits per heavy atom. The van der Waals surface area contributed by atoms with Crippen LogP contribution in [-0.2, 0) is 0 Å². The van der Waals surface area contributed by atoms with E-state index in [2.05, 4.69) is 24.5 Å². The highest BCUT2D eigenvalue weighted by Crippen LogP contribution is 2.53. The molecule has 4 bridgehead atoms. The fourth-order valence-corrected chi connectivity index (χ4v) is 8.23. The number of nitrogens with zero attached hydrogens (tertiary/aromatic N) is 2. The van der Waals surface area contributed by atoms with Gasteiger partial charge < -0.3 is 10.6 Å². The Balaban J connectivity index is 1.24. The largest absolute Gasteiger partial charge is 0.349 e. The second-order valence-corrected chi connectivity index (χ2v) is 13.2. The van der Waals surface area contributed by atoms with Crippen molar-refractivity contribution in [3.05, 3.63) is 68.8 Å². The zero-order valence-electron chi connectivity index (χ0n) is 22.4. The zero-order chi connectivity index (χ0) is 27.3. The summed E-state index contributed by atoms with van der Waals surface area (Å²) >= 11 is 19.0. The molecule has 5 nitrogen and oxygen atoms in total. The number of hydrogen-bond donors (Lipinski definition) is 2. The van der Waals surface area contributed by atoms with Crippen molar-refractivity contribution >= 4 is 40.7 Å². The van der Waals surface area contributed by atoms with E-state index in [1.807, 2.05) is 30.3 Å². The van der Waals surface area contributed by atoms with Gasteiger partial charge in [-0.05, 0) is 92.0 Å². The van der Waals surface area contributed by atoms with Gasteiger partial charge in [0, 0.05) is 40.3 Å². The maximum atomic E-state index is 13.6. The Morgan fingerprint density at radius 2 is 1.56 bits per heavy atom. The van der Waals surface area contributed by atoms with E-state index in [0.29, 0.717) is 39.0 Å². The quantitative estimate of drug-likeness (QED) is 0.266. The maximum Gasteiger partial charge on any atom is 0.272 e. The molecule has 4 saturated carbocycles. The van der Waals surface area contributed by atoms with Crippen LogP contribution in [0.4, 0.5) is 0 Å². The lowest BCUT2D eigenvalue weighted by atomic mass is 9.54. The number of rotatable bonds is 8. The van der Waals surface area contributed by atoms with Crippen molar-refractivity contribution in [3.8, 4) is 16.9 Å². The van der Waals surface area contributed by atoms with Crippen molar-refractivity contribution in [2.45, 2.75) is 57.9 Å². The van der Waals surface area contributed by atoms with Crippen molar-refractivity contribution in [3.63, 3.8) is 0 Å². The standard InChI is InChI=1S/C31H35Cl3N4O/c1-17(2)27-29(31(39)36-10-9-35-28-21-12-18-11-19(14-21)15-22(28)13-18)37-38(26-8-7-24(33)16-25(26)34)30(27)20-3-5-23(32)6-4-20/h3-8,16-19,21-22,28,35H,9-15H2,1-2H3,(H,36,39). The molecular weight excluding hydrogens is 551 g/mol. The first kappa shape index (κ1) is 27.1. The summed E-state index contributed by atoms with van der Waals surface area (Å²) in [5.74, 6) is 3.40. The van der Waals surface area contributed by atoms with Crippen LogP contribution in [0.1, 0.15) is 67.9 Å². The van der Waals surface area contributed by atoms with E-state index in [0.717, 1.165) is 47.0 Å². The molecule has 1 heterocycles. The third-order valence-electron chi connectivity index (χ3n) is 8.99. The minimum atomic E-state index is -0.176. The van der Waals surface area contributed by atoms with Crippen molar-refractivity contribution in [2.75, 3.05) is 13.1 Å². The highest BCUT2D eigenvalue weighted by molar-refractivity contribution is 6.35. The van der Waals surface area contributed by atoms with Gasteiger partial charge in [0.15, 0.2) is 5.69 Å². The average molecular weight is 586 g/mol. The Bertz CT molecular complexity index is 1340. The molecular formula is C31H35Cl3N4O. The maximum absolute atomic E-state index is 13.6. The Kier molecular flexibility index (Phi) is 7.71. The Labute approximate surface area is 245 Å². The van der Waals surface area contributed by atoms with Gasteiger partial charge in [0.2, 0.25) is 0 Å². The number of carbonyl (C=O) groups excluding carboxylic acids is 1. The minimum Gasteiger partial charge on any atom is -0.349 e. The number of aromatic nitrogens is 2. The van der Waals surface area contributed by atoms with Crippen LogP contribution in [0.15, 0.2) is 42.5 Å². The predicted octanol–water partition coefficient (Wildman–Crippen LogP) is 7.77. The van der Waals surface area contributed by atoms with Crippen LogP contribution in [0.2, 0.25) is 15.1 Å². The number of amides is 1. The van der Waals surface area contributed by atoms with Crippen molar-refractivity contribution in [1.29, 1.82) is 0 Å². The second kappa shape index (κ2) is 11.1. The average Bonchev–Trinajstić information content (AvgIpc) is 3.28. The number of nitrogens with one attached hydrogen (secondary N) is 2. The van der Waals surface area contributed by atoms with E-state index in [1.54, 1.807) is 16.8 Å². The molecule has 7 rings (SSSR count). The number of benzene rings is 2. The SMILES string of the molecule is CC(C)c1c(C(=O)NCCNC2C3CC4CC(C3)CC2C4)nn(-c2ccc(Cl)cc2Cl)c1-c1ccc(Cl)cc1. The van der Waals surface area contributed by atoms with Gasteiger partial charge in [-0.2, -0.15) is 5.10 Å². The van der Waals surface area contributed by atoms with Gasteiger partial charge in [0.25, 0.3) is 5.91 Å². The van der Waals surface area contributed by atoms with Crippen molar-refractivity contribution in [1.82, 2.24) is 20.4 Å². The fraction of sp³-hybridized carbons (Fsp3) is 0.484. The molecule has 39 heavy (non-hydrogen) atoms. The molecule has 2 N–H and O–H groups in total. The monoisotopic (exact) mass is 584 g/mol. The molecule has 8 heteroatoms. The molecule has 4 aliphatic carbocycles. The summed E-state index contributed by atoms with van der Waals surface area (Å²) in [5.41, 5.74) is 3.67. The van der Waals surface area contributed by atoms with Crippen LogP contribution in [0, 0.1) is 23.7 Å². The van der Waals surface area contributed by atoms with Gasteiger partial charge in [0.1, 0.15) is 0 Å². The summed E-state index contributed by atoms with van der Waals surface area (Å²) in [4.78, 5) is 13.6. The van der Waals surface area contributed by atoms with E-state index in [9.17, 15) is 4.79 Å². The lowest BCUT2D eigenvalue weighted by Crippen LogP contribution is -2.55. The molecule has 0 aliphatic heterocycles. The molecule has 1 aromatic heterocycles. The summed E-state index contributed by atoms with van der Waals surface area (Å²) in [6, 6.07) is 13.5. The van der Waals surface area contributed by atoms with Crippen LogP contribution in [0.5, 0.6) is 0 Å². The second-order valence-electron chi connectivity index (χ2n) is 11.9. The normalized spacial score (nSPS) is 25.4. The predicted molar refractivity (Wildman–Crippen MR) is 159 cm³/mol. The summed E-state index contributed by atoms with van der Waals surface area (Å²) in [6.45, 7) is 5.48. The molecule has 206 valence electrons. The molecule has 1 amide bonds. The molecule has 4 aliphatic rings. The zero-order valence-corrected chi connectivity index (χ0v) is 24.7. The molecule has 4 fully saturated rings. The number of halogens is 3. The van der Waals surface area contributed by atoms with Gasteiger partial charge in [-0.3, -0.25) is 4.79 Å². The number of carbonyl (C=O) groups is 1. The van der Waals surface area contributed by atoms with E-state index in [-0.39, 0.29) is 11.8 Å². The summed E-state index contributed by atoms with van der Waals surface area (Å²) < 4.78 is 1.76. The molecule has 0 spiro atoms. The highest BCUT2D eigenvalue weighted by Gasteiger charge is 2.47. The van der Waals surface area contributed by atoms with Crippen molar-refractivity contribution in [2.24, 2.45) is 23.7 Å². The topological polar surface area (TPSA) is 59.0 Å². The molecule has 2 aromatic carbocycles. The van der Waals surface area contributed by atoms with Crippen LogP contribution in [-0.4, -0.2) is 34.8 Å². The molecule has 0 unspecified atom stereocenters. The third-order valence-corrected chi connectivity index (χ3v) is 9.78. The summed E-state index contributed by atoms with van der Waals surface area (Å²) in [5, 5.41) is 13.4. The van der Waals surface area contributed by atoms with Gasteiger partial charge in [0.05, 0.1) is 16.4 Å². The van der Waals surface area contributed by atoms with Crippen LogP contribution in [0.25, 0.3) is 16.9 Å². The van der Waals surface area contributed by atoms with Crippen LogP contribution >= 0.6 is 34.8 Å². The first-order valence-electron chi connectivity index (χ1n) is 14.1. The summed E-state index contributed by atoms with van der Waals surface area (Å²) in [6.07, 6.45) is 6.99. The fourth-order valence-electron chi connectivity index (χ4n) is 7.61. The van der Waals surface area contributed by atoms with E-state index >= 15 is 0 Å². The van der Waals surface area contributed by atoms with Gasteiger partial charge in [-0.15, -0.1) is 0 Å². The smallest absolute Gasteiger partial charge is 0.272 e. The molecule has 0 atom stereocenters. The van der Waals surface area contributed by atoms with Gasteiger partial charge in [-0.25, -0.2) is 4.68 Å². The van der Waals surface area contributed by atoms with Gasteiger partial charge in [-0.1, -0.05) is 60.8 Å².